The molecule has 2 rings (SSSR count). The minimum atomic E-state index is -0.779. The molecule has 20 heavy (non-hydrogen) atoms. The molecule has 0 aliphatic carbocycles. The molecule has 1 atom stereocenters. The Morgan fingerprint density at radius 2 is 1.95 bits per heavy atom. The van der Waals surface area contributed by atoms with Crippen molar-refractivity contribution < 1.29 is 13.9 Å². The van der Waals surface area contributed by atoms with Gasteiger partial charge >= 0.3 is 0 Å². The van der Waals surface area contributed by atoms with Crippen molar-refractivity contribution in [2.75, 3.05) is 18.2 Å². The fraction of sp³-hybridized carbons (Fsp3) is 0.133. The van der Waals surface area contributed by atoms with Crippen molar-refractivity contribution in [2.24, 2.45) is 0 Å². The Kier molecular flexibility index (Phi) is 4.32. The summed E-state index contributed by atoms with van der Waals surface area (Å²) < 4.78 is 18.4. The zero-order chi connectivity index (χ0) is 14.5. The van der Waals surface area contributed by atoms with Gasteiger partial charge in [-0.15, -0.1) is 0 Å². The lowest BCUT2D eigenvalue weighted by atomic mass is 10.1. The molecule has 0 aromatic heterocycles. The van der Waals surface area contributed by atoms with Gasteiger partial charge in [-0.25, -0.2) is 4.39 Å². The van der Waals surface area contributed by atoms with Crippen LogP contribution in [0.15, 0.2) is 48.5 Å². The van der Waals surface area contributed by atoms with Crippen LogP contribution in [0.5, 0.6) is 0 Å². The van der Waals surface area contributed by atoms with Gasteiger partial charge in [-0.1, -0.05) is 30.3 Å². The normalized spacial score (nSPS) is 11.9. The number of carbonyl (C=O) groups is 1. The fourth-order valence-corrected chi connectivity index (χ4v) is 1.86. The third-order valence-electron chi connectivity index (χ3n) is 2.85. The van der Waals surface area contributed by atoms with Gasteiger partial charge in [-0.2, -0.15) is 0 Å². The third kappa shape index (κ3) is 3.13. The smallest absolute Gasteiger partial charge is 0.258 e. The van der Waals surface area contributed by atoms with E-state index in [1.54, 1.807) is 12.1 Å². The Bertz CT molecular complexity index is 602. The Balaban J connectivity index is 2.20. The lowest BCUT2D eigenvalue weighted by Crippen LogP contribution is -2.23. The lowest BCUT2D eigenvalue weighted by molar-refractivity contribution is -0.126. The van der Waals surface area contributed by atoms with Crippen molar-refractivity contribution in [3.63, 3.8) is 0 Å². The van der Waals surface area contributed by atoms with Crippen molar-refractivity contribution >= 4 is 17.3 Å². The molecule has 104 valence electrons. The van der Waals surface area contributed by atoms with Gasteiger partial charge in [0.15, 0.2) is 6.10 Å². The van der Waals surface area contributed by atoms with E-state index in [1.165, 1.54) is 25.3 Å². The van der Waals surface area contributed by atoms with Gasteiger partial charge in [-0.3, -0.25) is 4.79 Å². The van der Waals surface area contributed by atoms with Gasteiger partial charge in [0.1, 0.15) is 5.82 Å². The van der Waals surface area contributed by atoms with Crippen LogP contribution in [-0.4, -0.2) is 13.0 Å². The number of ether oxygens (including phenoxy) is 1. The van der Waals surface area contributed by atoms with E-state index < -0.39 is 17.8 Å². The van der Waals surface area contributed by atoms with Crippen molar-refractivity contribution in [3.05, 3.63) is 59.9 Å². The Hall–Kier alpha value is -2.40. The Morgan fingerprint density at radius 3 is 2.60 bits per heavy atom. The number of hydrogen-bond acceptors (Lipinski definition) is 3. The monoisotopic (exact) mass is 274 g/mol. The second kappa shape index (κ2) is 6.16. The summed E-state index contributed by atoms with van der Waals surface area (Å²) in [5.41, 5.74) is 6.93. The molecule has 2 aromatic rings. The number of halogens is 1. The van der Waals surface area contributed by atoms with E-state index in [1.807, 2.05) is 18.2 Å². The average molecular weight is 274 g/mol. The summed E-state index contributed by atoms with van der Waals surface area (Å²) in [6.45, 7) is 0. The van der Waals surface area contributed by atoms with Crippen LogP contribution in [-0.2, 0) is 9.53 Å². The van der Waals surface area contributed by atoms with Crippen molar-refractivity contribution in [1.29, 1.82) is 0 Å². The van der Waals surface area contributed by atoms with Crippen LogP contribution in [0, 0.1) is 5.82 Å². The second-order valence-corrected chi connectivity index (χ2v) is 4.25. The van der Waals surface area contributed by atoms with Gasteiger partial charge in [0, 0.05) is 7.11 Å². The molecule has 1 unspecified atom stereocenters. The van der Waals surface area contributed by atoms with Gasteiger partial charge in [0.2, 0.25) is 0 Å². The van der Waals surface area contributed by atoms with Crippen LogP contribution >= 0.6 is 0 Å². The van der Waals surface area contributed by atoms with E-state index in [4.69, 9.17) is 10.5 Å². The molecule has 0 aliphatic rings. The summed E-state index contributed by atoms with van der Waals surface area (Å²) in [4.78, 5) is 12.2. The molecule has 0 aliphatic heterocycles. The number of carbonyl (C=O) groups excluding carboxylic acids is 1. The lowest BCUT2D eigenvalue weighted by Gasteiger charge is -2.16. The molecule has 0 saturated heterocycles. The maximum Gasteiger partial charge on any atom is 0.258 e. The first-order valence-corrected chi connectivity index (χ1v) is 6.05. The summed E-state index contributed by atoms with van der Waals surface area (Å²) in [6, 6.07) is 12.8. The topological polar surface area (TPSA) is 64.3 Å². The van der Waals surface area contributed by atoms with Crippen molar-refractivity contribution in [3.8, 4) is 0 Å². The molecule has 0 heterocycles. The molecular weight excluding hydrogens is 259 g/mol. The first kappa shape index (κ1) is 14.0. The van der Waals surface area contributed by atoms with Gasteiger partial charge in [0.05, 0.1) is 11.4 Å². The Labute approximate surface area is 116 Å². The quantitative estimate of drug-likeness (QED) is 0.842. The van der Waals surface area contributed by atoms with Crippen LogP contribution in [0.3, 0.4) is 0 Å². The largest absolute Gasteiger partial charge is 0.397 e. The molecule has 0 fully saturated rings. The summed E-state index contributed by atoms with van der Waals surface area (Å²) >= 11 is 0. The molecule has 5 heteroatoms. The van der Waals surface area contributed by atoms with E-state index in [9.17, 15) is 9.18 Å². The standard InChI is InChI=1S/C15H15FN2O2/c1-20-14(10-5-3-2-4-6-10)15(19)18-13-9-11(16)7-8-12(13)17/h2-9,14H,17H2,1H3,(H,18,19). The van der Waals surface area contributed by atoms with E-state index in [0.717, 1.165) is 0 Å². The molecule has 2 aromatic carbocycles. The minimum Gasteiger partial charge on any atom is -0.397 e. The molecule has 0 saturated carbocycles. The molecule has 4 nitrogen and oxygen atoms in total. The zero-order valence-electron chi connectivity index (χ0n) is 11.0. The first-order valence-electron chi connectivity index (χ1n) is 6.05. The van der Waals surface area contributed by atoms with Gasteiger partial charge < -0.3 is 15.8 Å². The number of methoxy groups -OCH3 is 1. The molecule has 0 radical (unpaired) electrons. The van der Waals surface area contributed by atoms with Crippen LogP contribution in [0.2, 0.25) is 0 Å². The molecule has 0 spiro atoms. The van der Waals surface area contributed by atoms with Crippen molar-refractivity contribution in [1.82, 2.24) is 0 Å². The molecule has 0 bridgehead atoms. The van der Waals surface area contributed by atoms with Crippen molar-refractivity contribution in [2.45, 2.75) is 6.10 Å². The number of nitrogen functional groups attached to an aromatic ring is 1. The number of amides is 1. The zero-order valence-corrected chi connectivity index (χ0v) is 11.0. The van der Waals surface area contributed by atoms with E-state index >= 15 is 0 Å². The fourth-order valence-electron chi connectivity index (χ4n) is 1.86. The number of nitrogens with two attached hydrogens (primary N) is 1. The van der Waals surface area contributed by atoms with Gasteiger partial charge in [0.25, 0.3) is 5.91 Å². The molecular formula is C15H15FN2O2. The van der Waals surface area contributed by atoms with Crippen LogP contribution in [0.25, 0.3) is 0 Å². The van der Waals surface area contributed by atoms with Crippen LogP contribution in [0.4, 0.5) is 15.8 Å². The summed E-state index contributed by atoms with van der Waals surface area (Å²) in [5, 5.41) is 2.57. The van der Waals surface area contributed by atoms with Gasteiger partial charge in [-0.05, 0) is 23.8 Å². The minimum absolute atomic E-state index is 0.230. The number of nitrogens with one attached hydrogen (secondary N) is 1. The highest BCUT2D eigenvalue weighted by molar-refractivity contribution is 5.97. The Morgan fingerprint density at radius 1 is 1.25 bits per heavy atom. The summed E-state index contributed by atoms with van der Waals surface area (Å²) in [7, 11) is 1.44. The number of hydrogen-bond donors (Lipinski definition) is 2. The predicted octanol–water partition coefficient (Wildman–Crippen LogP) is 2.73. The number of benzene rings is 2. The summed E-state index contributed by atoms with van der Waals surface area (Å²) in [6.07, 6.45) is -0.779. The van der Waals surface area contributed by atoms with E-state index in [0.29, 0.717) is 11.3 Å². The van der Waals surface area contributed by atoms with Crippen LogP contribution < -0.4 is 11.1 Å². The summed E-state index contributed by atoms with van der Waals surface area (Å²) in [5.74, 6) is -0.876. The highest BCUT2D eigenvalue weighted by Crippen LogP contribution is 2.23. The number of rotatable bonds is 4. The molecule has 1 amide bonds. The average Bonchev–Trinajstić information content (AvgIpc) is 2.45. The van der Waals surface area contributed by atoms with E-state index in [2.05, 4.69) is 5.32 Å². The van der Waals surface area contributed by atoms with Crippen LogP contribution in [0.1, 0.15) is 11.7 Å². The highest BCUT2D eigenvalue weighted by Gasteiger charge is 2.20. The van der Waals surface area contributed by atoms with E-state index in [-0.39, 0.29) is 5.69 Å². The maximum atomic E-state index is 13.2. The second-order valence-electron chi connectivity index (χ2n) is 4.25. The predicted molar refractivity (Wildman–Crippen MR) is 75.6 cm³/mol. The highest BCUT2D eigenvalue weighted by atomic mass is 19.1. The maximum absolute atomic E-state index is 13.2. The SMILES string of the molecule is COC(C(=O)Nc1cc(F)ccc1N)c1ccccc1. The molecule has 3 N–H and O–H groups in total. The third-order valence-corrected chi connectivity index (χ3v) is 2.85. The number of anilines is 2. The first-order chi connectivity index (χ1) is 9.61.